The monoisotopic (exact) mass is 601 g/mol. The average molecular weight is 602 g/mol. The molecule has 0 saturated carbocycles. The zero-order valence-corrected chi connectivity index (χ0v) is 24.8. The molecule has 0 aliphatic carbocycles. The van der Waals surface area contributed by atoms with Crippen molar-refractivity contribution in [2.75, 3.05) is 58.5 Å². The number of aryl methyl sites for hydroxylation is 1. The Bertz CT molecular complexity index is 912. The van der Waals surface area contributed by atoms with Gasteiger partial charge in [-0.3, -0.25) is 0 Å². The van der Waals surface area contributed by atoms with Crippen molar-refractivity contribution in [1.82, 2.24) is 19.4 Å². The molecule has 0 unspecified atom stereocenters. The number of halogens is 1. The summed E-state index contributed by atoms with van der Waals surface area (Å²) in [5.74, 6) is 1.18. The zero-order valence-electron chi connectivity index (χ0n) is 22.4. The average Bonchev–Trinajstić information content (AvgIpc) is 3.14. The van der Waals surface area contributed by atoms with E-state index in [0.717, 1.165) is 11.1 Å². The fourth-order valence-corrected chi connectivity index (χ4v) is 4.19. The Morgan fingerprint density at radius 3 is 2.16 bits per heavy atom. The number of amides is 2. The number of likely N-dealkylation sites (N-methyl/N-ethyl adjacent to an activating group) is 1. The molecule has 0 radical (unpaired) electrons. The molecule has 218 valence electrons. The van der Waals surface area contributed by atoms with E-state index in [1.807, 2.05) is 19.0 Å². The maximum absolute atomic E-state index is 12.4. The largest absolute Gasteiger partial charge is 0.508 e. The number of nitro groups is 1. The van der Waals surface area contributed by atoms with Crippen LogP contribution in [0.5, 0.6) is 0 Å². The number of imidazole rings is 1. The highest BCUT2D eigenvalue weighted by Gasteiger charge is 2.28. The first-order valence-electron chi connectivity index (χ1n) is 11.3. The molecule has 14 nitrogen and oxygen atoms in total. The molecule has 0 fully saturated rings. The Morgan fingerprint density at radius 1 is 1.03 bits per heavy atom. The molecule has 0 aromatic carbocycles. The van der Waals surface area contributed by atoms with Crippen molar-refractivity contribution in [3.05, 3.63) is 22.1 Å². The smallest absolute Gasteiger partial charge is 0.448 e. The molecule has 0 atom stereocenters. The molecule has 1 aromatic rings. The minimum absolute atomic E-state index is 0. The Morgan fingerprint density at radius 2 is 1.61 bits per heavy atom. The first-order valence-corrected chi connectivity index (χ1v) is 13.8. The van der Waals surface area contributed by atoms with Crippen LogP contribution < -0.4 is 0 Å². The molecule has 0 saturated heterocycles. The Kier molecular flexibility index (Phi) is 16.8. The van der Waals surface area contributed by atoms with Gasteiger partial charge in [0.1, 0.15) is 38.2 Å². The van der Waals surface area contributed by atoms with Gasteiger partial charge < -0.3 is 34.0 Å². The first kappa shape index (κ1) is 35.6. The second-order valence-corrected chi connectivity index (χ2v) is 11.4. The highest BCUT2D eigenvalue weighted by Crippen LogP contribution is 2.20. The van der Waals surface area contributed by atoms with Crippen LogP contribution in [0.2, 0.25) is 0 Å². The van der Waals surface area contributed by atoms with Gasteiger partial charge in [-0.1, -0.05) is 21.6 Å². The Labute approximate surface area is 236 Å². The second-order valence-electron chi connectivity index (χ2n) is 8.71. The van der Waals surface area contributed by atoms with Crippen molar-refractivity contribution in [1.29, 1.82) is 0 Å². The van der Waals surface area contributed by atoms with E-state index in [-0.39, 0.29) is 51.1 Å². The van der Waals surface area contributed by atoms with Crippen molar-refractivity contribution >= 4 is 58.2 Å². The van der Waals surface area contributed by atoms with E-state index >= 15 is 0 Å². The summed E-state index contributed by atoms with van der Waals surface area (Å²) in [6, 6.07) is 0. The van der Waals surface area contributed by atoms with Gasteiger partial charge in [0, 0.05) is 31.5 Å². The quantitative estimate of drug-likeness (QED) is 0.0753. The summed E-state index contributed by atoms with van der Waals surface area (Å²) in [6.45, 7) is 7.52. The SMILES string of the molecule is Cc1ncc([N+](=O)[O-])n1CCOC(=O)OCCSSCCOC(=O)N(CCN(C)C)C(=O)OC(C)(C)C.Cl. The molecule has 38 heavy (non-hydrogen) atoms. The molecule has 1 aromatic heterocycles. The van der Waals surface area contributed by atoms with Crippen LogP contribution in [0.15, 0.2) is 6.20 Å². The molecule has 0 spiro atoms. The lowest BCUT2D eigenvalue weighted by Crippen LogP contribution is -2.44. The van der Waals surface area contributed by atoms with Crippen molar-refractivity contribution in [2.24, 2.45) is 0 Å². The molecule has 2 amide bonds. The number of hydrogen-bond donors (Lipinski definition) is 0. The predicted octanol–water partition coefficient (Wildman–Crippen LogP) is 3.99. The fourth-order valence-electron chi connectivity index (χ4n) is 2.53. The van der Waals surface area contributed by atoms with Crippen LogP contribution in [-0.2, 0) is 25.5 Å². The second kappa shape index (κ2) is 18.0. The number of aromatic nitrogens is 2. The number of nitrogens with zero attached hydrogens (tertiary/aromatic N) is 5. The lowest BCUT2D eigenvalue weighted by Gasteiger charge is -2.26. The molecule has 17 heteroatoms. The van der Waals surface area contributed by atoms with Gasteiger partial charge in [0.25, 0.3) is 0 Å². The van der Waals surface area contributed by atoms with Crippen LogP contribution in [0.1, 0.15) is 26.6 Å². The number of imide groups is 1. The van der Waals surface area contributed by atoms with Crippen molar-refractivity contribution in [3.8, 4) is 0 Å². The summed E-state index contributed by atoms with van der Waals surface area (Å²) in [5.41, 5.74) is -0.742. The normalized spacial score (nSPS) is 10.9. The van der Waals surface area contributed by atoms with Gasteiger partial charge >= 0.3 is 24.2 Å². The van der Waals surface area contributed by atoms with Gasteiger partial charge in [0.05, 0.1) is 0 Å². The first-order chi connectivity index (χ1) is 17.3. The number of rotatable bonds is 14. The number of ether oxygens (including phenoxy) is 4. The summed E-state index contributed by atoms with van der Waals surface area (Å²) in [4.78, 5) is 53.4. The van der Waals surface area contributed by atoms with Crippen LogP contribution in [0.25, 0.3) is 0 Å². The minimum Gasteiger partial charge on any atom is -0.448 e. The maximum atomic E-state index is 12.4. The van der Waals surface area contributed by atoms with Crippen LogP contribution in [-0.4, -0.2) is 107 Å². The lowest BCUT2D eigenvalue weighted by atomic mass is 10.2. The summed E-state index contributed by atoms with van der Waals surface area (Å²) in [5, 5.41) is 10.9. The summed E-state index contributed by atoms with van der Waals surface area (Å²) in [6.07, 6.45) is -1.26. The predicted molar refractivity (Wildman–Crippen MR) is 146 cm³/mol. The maximum Gasteiger partial charge on any atom is 0.508 e. The Balaban J connectivity index is 0.0000137. The van der Waals surface area contributed by atoms with Gasteiger partial charge in [-0.15, -0.1) is 12.4 Å². The van der Waals surface area contributed by atoms with Crippen molar-refractivity contribution in [3.63, 3.8) is 0 Å². The standard InChI is InChI=1S/C21H35N5O9S2.ClH/c1-16-22-15-17(26(30)31)24(16)9-10-33-20(29)34-12-14-37-36-13-11-32-18(27)25(8-7-23(5)6)19(28)35-21(2,3)4;/h15H,7-14H2,1-6H3;1H. The molecule has 1 rings (SSSR count). The summed E-state index contributed by atoms with van der Waals surface area (Å²) < 4.78 is 21.7. The molecular weight excluding hydrogens is 566 g/mol. The van der Waals surface area contributed by atoms with E-state index in [4.69, 9.17) is 18.9 Å². The molecule has 0 N–H and O–H groups in total. The molecular formula is C21H36ClN5O9S2. The van der Waals surface area contributed by atoms with Crippen LogP contribution in [0, 0.1) is 17.0 Å². The van der Waals surface area contributed by atoms with Crippen molar-refractivity contribution in [2.45, 2.75) is 39.8 Å². The Hall–Kier alpha value is -2.43. The van der Waals surface area contributed by atoms with E-state index < -0.39 is 28.9 Å². The topological polar surface area (TPSA) is 156 Å². The number of carbonyl (C=O) groups excluding carboxylic acids is 3. The van der Waals surface area contributed by atoms with Gasteiger partial charge in [-0.05, 0) is 39.8 Å². The van der Waals surface area contributed by atoms with Crippen molar-refractivity contribution < 1.29 is 38.3 Å². The van der Waals surface area contributed by atoms with Crippen LogP contribution in [0.3, 0.4) is 0 Å². The third-order valence-electron chi connectivity index (χ3n) is 4.22. The zero-order chi connectivity index (χ0) is 28.0. The van der Waals surface area contributed by atoms with E-state index in [1.54, 1.807) is 27.7 Å². The third kappa shape index (κ3) is 14.5. The molecule has 0 bridgehead atoms. The highest BCUT2D eigenvalue weighted by atomic mass is 35.5. The highest BCUT2D eigenvalue weighted by molar-refractivity contribution is 8.76. The van der Waals surface area contributed by atoms with Gasteiger partial charge in [0.2, 0.25) is 0 Å². The molecule has 1 heterocycles. The minimum atomic E-state index is -0.875. The summed E-state index contributed by atoms with van der Waals surface area (Å²) in [7, 11) is 6.46. The van der Waals surface area contributed by atoms with E-state index in [2.05, 4.69) is 4.98 Å². The van der Waals surface area contributed by atoms with Crippen LogP contribution >= 0.6 is 34.0 Å². The van der Waals surface area contributed by atoms with E-state index in [1.165, 1.54) is 26.2 Å². The lowest BCUT2D eigenvalue weighted by molar-refractivity contribution is -0.392. The van der Waals surface area contributed by atoms with Crippen LogP contribution in [0.4, 0.5) is 20.2 Å². The summed E-state index contributed by atoms with van der Waals surface area (Å²) >= 11 is 0. The van der Waals surface area contributed by atoms with E-state index in [0.29, 0.717) is 23.9 Å². The molecule has 0 aliphatic heterocycles. The fraction of sp³-hybridized carbons (Fsp3) is 0.714. The third-order valence-corrected chi connectivity index (χ3v) is 6.56. The number of hydrogen-bond acceptors (Lipinski definition) is 13. The number of carbonyl (C=O) groups is 3. The van der Waals surface area contributed by atoms with Gasteiger partial charge in [-0.25, -0.2) is 28.8 Å². The van der Waals surface area contributed by atoms with Gasteiger partial charge in [-0.2, -0.15) is 0 Å². The van der Waals surface area contributed by atoms with Gasteiger partial charge in [0.15, 0.2) is 5.82 Å². The molecule has 0 aliphatic rings. The van der Waals surface area contributed by atoms with E-state index in [9.17, 15) is 24.5 Å².